The molecule has 0 aliphatic carbocycles. The molecule has 0 aliphatic rings. The minimum atomic E-state index is -0.884. The second kappa shape index (κ2) is 40.8. The summed E-state index contributed by atoms with van der Waals surface area (Å²) >= 11 is 0. The first kappa shape index (κ1) is 55.0. The molecule has 0 heterocycles. The highest BCUT2D eigenvalue weighted by Gasteiger charge is 2.31. The van der Waals surface area contributed by atoms with Crippen molar-refractivity contribution in [2.75, 3.05) is 41.0 Å². The largest absolute Gasteiger partial charge is 0.477 e. The number of esters is 2. The van der Waals surface area contributed by atoms with Gasteiger partial charge in [0.25, 0.3) is 0 Å². The van der Waals surface area contributed by atoms with Crippen molar-refractivity contribution >= 4 is 17.9 Å². The van der Waals surface area contributed by atoms with Crippen LogP contribution in [-0.4, -0.2) is 80.6 Å². The molecule has 0 rings (SSSR count). The van der Waals surface area contributed by atoms with Gasteiger partial charge in [-0.15, -0.1) is 0 Å². The summed E-state index contributed by atoms with van der Waals surface area (Å²) in [6, 6.07) is -0.625. The van der Waals surface area contributed by atoms with Gasteiger partial charge in [0.1, 0.15) is 6.61 Å². The first-order valence-corrected chi connectivity index (χ1v) is 23.4. The van der Waals surface area contributed by atoms with Crippen LogP contribution in [0.2, 0.25) is 0 Å². The molecule has 0 aromatic heterocycles. The highest BCUT2D eigenvalue weighted by Crippen LogP contribution is 2.13. The lowest BCUT2D eigenvalue weighted by Crippen LogP contribution is -2.50. The Morgan fingerprint density at radius 2 is 0.914 bits per heavy atom. The molecular weight excluding hydrogens is 727 g/mol. The van der Waals surface area contributed by atoms with Crippen molar-refractivity contribution in [1.29, 1.82) is 0 Å². The molecule has 0 saturated carbocycles. The highest BCUT2D eigenvalue weighted by atomic mass is 16.6. The summed E-state index contributed by atoms with van der Waals surface area (Å²) in [4.78, 5) is 37.0. The molecule has 0 spiro atoms. The number of hydrogen-bond acceptors (Lipinski definition) is 6. The number of allylic oxidation sites excluding steroid dienone is 10. The van der Waals surface area contributed by atoms with Crippen LogP contribution < -0.4 is 0 Å². The van der Waals surface area contributed by atoms with Crippen LogP contribution in [0.5, 0.6) is 0 Å². The molecule has 2 unspecified atom stereocenters. The normalized spacial score (nSPS) is 13.5. The predicted molar refractivity (Wildman–Crippen MR) is 243 cm³/mol. The van der Waals surface area contributed by atoms with Crippen molar-refractivity contribution in [1.82, 2.24) is 0 Å². The van der Waals surface area contributed by atoms with E-state index < -0.39 is 18.1 Å². The van der Waals surface area contributed by atoms with Gasteiger partial charge in [0.05, 0.1) is 34.4 Å². The third kappa shape index (κ3) is 38.5. The van der Waals surface area contributed by atoms with Crippen LogP contribution in [0, 0.1) is 0 Å². The zero-order chi connectivity index (χ0) is 42.8. The van der Waals surface area contributed by atoms with Crippen LogP contribution in [-0.2, 0) is 28.6 Å². The van der Waals surface area contributed by atoms with Gasteiger partial charge in [-0.3, -0.25) is 9.59 Å². The molecular formula is C50H88NO7+. The van der Waals surface area contributed by atoms with Gasteiger partial charge in [-0.2, -0.15) is 0 Å². The fourth-order valence-electron chi connectivity index (χ4n) is 6.55. The number of nitrogens with zero attached hydrogens (tertiary/aromatic N) is 1. The van der Waals surface area contributed by atoms with E-state index in [9.17, 15) is 19.5 Å². The van der Waals surface area contributed by atoms with Crippen LogP contribution in [0.4, 0.5) is 0 Å². The molecule has 0 aromatic carbocycles. The Kier molecular flexibility index (Phi) is 38.7. The number of carbonyl (C=O) groups is 3. The molecule has 0 amide bonds. The third-order valence-electron chi connectivity index (χ3n) is 10.2. The monoisotopic (exact) mass is 815 g/mol. The van der Waals surface area contributed by atoms with Crippen molar-refractivity contribution in [3.63, 3.8) is 0 Å². The number of aliphatic carboxylic acids is 1. The Morgan fingerprint density at radius 3 is 1.36 bits per heavy atom. The summed E-state index contributed by atoms with van der Waals surface area (Å²) in [5, 5.41) is 9.63. The molecule has 8 nitrogen and oxygen atoms in total. The Labute approximate surface area is 356 Å². The quantitative estimate of drug-likeness (QED) is 0.0284. The summed E-state index contributed by atoms with van der Waals surface area (Å²) in [5.74, 6) is -1.53. The molecule has 8 heteroatoms. The number of hydrogen-bond donors (Lipinski definition) is 1. The molecule has 2 atom stereocenters. The zero-order valence-electron chi connectivity index (χ0n) is 38.0. The minimum absolute atomic E-state index is 0.0421. The second-order valence-electron chi connectivity index (χ2n) is 16.7. The fourth-order valence-corrected chi connectivity index (χ4v) is 6.55. The Hall–Kier alpha value is -2.97. The lowest BCUT2D eigenvalue weighted by atomic mass is 10.1. The van der Waals surface area contributed by atoms with E-state index in [-0.39, 0.29) is 36.2 Å². The number of rotatable bonds is 41. The molecule has 334 valence electrons. The number of carboxylic acids is 1. The van der Waals surface area contributed by atoms with Crippen LogP contribution in [0.1, 0.15) is 187 Å². The number of unbranched alkanes of at least 4 members (excludes halogenated alkanes) is 20. The van der Waals surface area contributed by atoms with Gasteiger partial charge < -0.3 is 23.8 Å². The summed E-state index contributed by atoms with van der Waals surface area (Å²) in [6.07, 6.45) is 49.8. The topological polar surface area (TPSA) is 99.1 Å². The van der Waals surface area contributed by atoms with Gasteiger partial charge in [-0.05, 0) is 64.2 Å². The maximum atomic E-state index is 12.7. The molecule has 0 aliphatic heterocycles. The van der Waals surface area contributed by atoms with E-state index in [0.29, 0.717) is 19.3 Å². The van der Waals surface area contributed by atoms with Gasteiger partial charge in [0, 0.05) is 19.3 Å². The van der Waals surface area contributed by atoms with Crippen molar-refractivity contribution < 1.29 is 38.2 Å². The highest BCUT2D eigenvalue weighted by molar-refractivity contribution is 5.72. The van der Waals surface area contributed by atoms with Gasteiger partial charge >= 0.3 is 17.9 Å². The molecule has 0 radical (unpaired) electrons. The van der Waals surface area contributed by atoms with Crippen molar-refractivity contribution in [2.24, 2.45) is 0 Å². The minimum Gasteiger partial charge on any atom is -0.477 e. The lowest BCUT2D eigenvalue weighted by molar-refractivity contribution is -0.887. The molecule has 58 heavy (non-hydrogen) atoms. The fraction of sp³-hybridized carbons (Fsp3) is 0.740. The molecule has 0 bridgehead atoms. The summed E-state index contributed by atoms with van der Waals surface area (Å²) in [6.45, 7) is 4.66. The van der Waals surface area contributed by atoms with E-state index in [2.05, 4.69) is 74.6 Å². The first-order valence-electron chi connectivity index (χ1n) is 23.4. The number of likely N-dealkylation sites (N-methyl/N-ethyl adjacent to an activating group) is 1. The van der Waals surface area contributed by atoms with E-state index in [0.717, 1.165) is 77.0 Å². The Bertz CT molecular complexity index is 1130. The maximum absolute atomic E-state index is 12.7. The van der Waals surface area contributed by atoms with E-state index in [1.165, 1.54) is 77.0 Å². The van der Waals surface area contributed by atoms with Gasteiger partial charge in [0.2, 0.25) is 0 Å². The van der Waals surface area contributed by atoms with Crippen LogP contribution >= 0.6 is 0 Å². The molecule has 0 aromatic rings. The number of carboxylic acid groups (broad SMARTS) is 1. The van der Waals surface area contributed by atoms with Crippen LogP contribution in [0.15, 0.2) is 60.8 Å². The third-order valence-corrected chi connectivity index (χ3v) is 10.2. The molecule has 1 N–H and O–H groups in total. The van der Waals surface area contributed by atoms with Gasteiger partial charge in [-0.1, -0.05) is 164 Å². The average molecular weight is 815 g/mol. The van der Waals surface area contributed by atoms with Crippen molar-refractivity contribution in [3.8, 4) is 0 Å². The standard InChI is InChI=1S/C50H87NO7/c1-6-8-10-12-14-16-18-20-22-24-25-27-29-31-33-35-37-39-41-49(53)58-46(44-56-43-42-47(50(54)55)51(3,4)5)45-57-48(52)40-38-36-34-32-30-28-26-23-21-19-17-15-13-11-9-7-2/h18,20,22-28,30,46-47H,6-17,19,21,29,31-45H2,1-5H3/p+1/b20-18+,24-22+,26-23+,27-25+,30-28+. The molecule has 0 saturated heterocycles. The predicted octanol–water partition coefficient (Wildman–Crippen LogP) is 13.0. The van der Waals surface area contributed by atoms with Crippen LogP contribution in [0.3, 0.4) is 0 Å². The molecule has 0 fully saturated rings. The summed E-state index contributed by atoms with van der Waals surface area (Å²) in [7, 11) is 5.51. The number of ether oxygens (including phenoxy) is 3. The summed E-state index contributed by atoms with van der Waals surface area (Å²) in [5.41, 5.74) is 0. The smallest absolute Gasteiger partial charge is 0.362 e. The second-order valence-corrected chi connectivity index (χ2v) is 16.7. The average Bonchev–Trinajstić information content (AvgIpc) is 3.18. The number of quaternary nitrogens is 1. The van der Waals surface area contributed by atoms with E-state index >= 15 is 0 Å². The van der Waals surface area contributed by atoms with Crippen LogP contribution in [0.25, 0.3) is 0 Å². The number of carbonyl (C=O) groups excluding carboxylic acids is 2. The lowest BCUT2D eigenvalue weighted by Gasteiger charge is -2.31. The van der Waals surface area contributed by atoms with Crippen molar-refractivity contribution in [2.45, 2.75) is 199 Å². The van der Waals surface area contributed by atoms with Crippen molar-refractivity contribution in [3.05, 3.63) is 60.8 Å². The van der Waals surface area contributed by atoms with E-state index in [1.54, 1.807) is 0 Å². The van der Waals surface area contributed by atoms with E-state index in [4.69, 9.17) is 14.2 Å². The van der Waals surface area contributed by atoms with Gasteiger partial charge in [0.15, 0.2) is 12.1 Å². The maximum Gasteiger partial charge on any atom is 0.362 e. The summed E-state index contributed by atoms with van der Waals surface area (Å²) < 4.78 is 17.3. The zero-order valence-corrected chi connectivity index (χ0v) is 38.0. The SMILES string of the molecule is CCCCCCC/C=C/C=C/C=C/CCCCCCCC(=O)OC(COCCC(C(=O)O)[N+](C)(C)C)COC(=O)CCCCC/C=C/C=C/CCCCCCCCC. The Balaban J connectivity index is 4.42. The van der Waals surface area contributed by atoms with Gasteiger partial charge in [-0.25, -0.2) is 4.79 Å². The van der Waals surface area contributed by atoms with E-state index in [1.807, 2.05) is 21.1 Å². The Morgan fingerprint density at radius 1 is 0.517 bits per heavy atom. The first-order chi connectivity index (χ1) is 28.1.